The van der Waals surface area contributed by atoms with Gasteiger partial charge in [0, 0.05) is 33.2 Å². The van der Waals surface area contributed by atoms with Crippen molar-refractivity contribution in [2.45, 2.75) is 0 Å². The normalized spacial score (nSPS) is 11.2. The number of para-hydroxylation sites is 1. The van der Waals surface area contributed by atoms with Gasteiger partial charge in [-0.25, -0.2) is 9.97 Å². The lowest BCUT2D eigenvalue weighted by Gasteiger charge is -2.12. The van der Waals surface area contributed by atoms with Crippen LogP contribution in [-0.2, 0) is 0 Å². The molecule has 0 spiro atoms. The summed E-state index contributed by atoms with van der Waals surface area (Å²) < 4.78 is 2.16. The van der Waals surface area contributed by atoms with Crippen LogP contribution in [0.5, 0.6) is 0 Å². The zero-order chi connectivity index (χ0) is 27.1. The molecule has 0 radical (unpaired) electrons. The quantitative estimate of drug-likeness (QED) is 0.265. The molecule has 2 N–H and O–H groups in total. The lowest BCUT2D eigenvalue weighted by Crippen LogP contribution is -2.29. The Labute approximate surface area is 231 Å². The molecule has 0 atom stereocenters. The van der Waals surface area contributed by atoms with E-state index in [0.717, 1.165) is 55.6 Å². The van der Waals surface area contributed by atoms with Crippen LogP contribution in [0.2, 0.25) is 0 Å². The Morgan fingerprint density at radius 2 is 1.07 bits per heavy atom. The number of rotatable bonds is 5. The number of hydrogen-bond acceptors (Lipinski definition) is 4. The van der Waals surface area contributed by atoms with Crippen LogP contribution in [0.15, 0.2) is 133 Å². The fraction of sp³-hybridized carbons (Fsp3) is 0. The van der Waals surface area contributed by atoms with E-state index >= 15 is 0 Å². The minimum absolute atomic E-state index is 0.455. The molecule has 0 aliphatic heterocycles. The van der Waals surface area contributed by atoms with E-state index in [2.05, 4.69) is 53.1 Å². The molecule has 0 aliphatic rings. The zero-order valence-corrected chi connectivity index (χ0v) is 21.5. The Hall–Kier alpha value is -5.04. The zero-order valence-electron chi connectivity index (χ0n) is 21.5. The van der Waals surface area contributed by atoms with Crippen molar-refractivity contribution < 1.29 is 10.0 Å². The molecule has 2 heterocycles. The third-order valence-electron chi connectivity index (χ3n) is 7.24. The second-order valence-electron chi connectivity index (χ2n) is 9.74. The molecule has 7 rings (SSSR count). The average molecular weight is 517 g/mol. The molecule has 5 aromatic carbocycles. The third-order valence-corrected chi connectivity index (χ3v) is 7.24. The van der Waals surface area contributed by atoms with Crippen molar-refractivity contribution in [2.75, 3.05) is 0 Å². The van der Waals surface area contributed by atoms with E-state index in [4.69, 9.17) is 9.97 Å². The molecule has 0 saturated heterocycles. The summed E-state index contributed by atoms with van der Waals surface area (Å²) in [5.41, 5.74) is 8.08. The number of aromatic nitrogens is 3. The molecule has 0 fully saturated rings. The van der Waals surface area contributed by atoms with E-state index in [9.17, 15) is 10.0 Å². The van der Waals surface area contributed by atoms with Crippen molar-refractivity contribution in [1.82, 2.24) is 14.5 Å². The summed E-state index contributed by atoms with van der Waals surface area (Å²) >= 11 is 0. The van der Waals surface area contributed by atoms with Gasteiger partial charge >= 0.3 is 7.12 Å². The number of hydrogen-bond donors (Lipinski definition) is 2. The van der Waals surface area contributed by atoms with Gasteiger partial charge in [-0.1, -0.05) is 103 Å². The molecular weight excluding hydrogens is 493 g/mol. The summed E-state index contributed by atoms with van der Waals surface area (Å²) in [7, 11) is -1.53. The van der Waals surface area contributed by atoms with Crippen molar-refractivity contribution >= 4 is 34.4 Å². The summed E-state index contributed by atoms with van der Waals surface area (Å²) in [5.74, 6) is 0.679. The predicted molar refractivity (Wildman–Crippen MR) is 163 cm³/mol. The van der Waals surface area contributed by atoms with Crippen LogP contribution >= 0.6 is 0 Å². The van der Waals surface area contributed by atoms with Crippen molar-refractivity contribution in [3.05, 3.63) is 133 Å². The second-order valence-corrected chi connectivity index (χ2v) is 9.74. The predicted octanol–water partition coefficient (Wildman–Crippen LogP) is 6.25. The average Bonchev–Trinajstić information content (AvgIpc) is 3.35. The molecule has 190 valence electrons. The van der Waals surface area contributed by atoms with Gasteiger partial charge in [-0.2, -0.15) is 0 Å². The summed E-state index contributed by atoms with van der Waals surface area (Å²) in [5, 5.41) is 21.8. The molecule has 0 bridgehead atoms. The summed E-state index contributed by atoms with van der Waals surface area (Å²) in [6.45, 7) is 0. The van der Waals surface area contributed by atoms with Gasteiger partial charge in [-0.3, -0.25) is 0 Å². The van der Waals surface area contributed by atoms with Crippen molar-refractivity contribution in [3.8, 4) is 39.6 Å². The van der Waals surface area contributed by atoms with Gasteiger partial charge in [0.1, 0.15) is 0 Å². The van der Waals surface area contributed by atoms with Gasteiger partial charge in [0.2, 0.25) is 0 Å². The van der Waals surface area contributed by atoms with Crippen LogP contribution in [0, 0.1) is 0 Å². The molecule has 0 unspecified atom stereocenters. The monoisotopic (exact) mass is 517 g/mol. The minimum atomic E-state index is -1.53. The fourth-order valence-corrected chi connectivity index (χ4v) is 5.28. The smallest absolute Gasteiger partial charge is 0.423 e. The Balaban J connectivity index is 1.37. The highest BCUT2D eigenvalue weighted by Crippen LogP contribution is 2.33. The van der Waals surface area contributed by atoms with Crippen molar-refractivity contribution in [3.63, 3.8) is 0 Å². The van der Waals surface area contributed by atoms with Crippen molar-refractivity contribution in [1.29, 1.82) is 0 Å². The Morgan fingerprint density at radius 3 is 1.75 bits per heavy atom. The first-order valence-corrected chi connectivity index (χ1v) is 13.2. The van der Waals surface area contributed by atoms with Crippen molar-refractivity contribution in [2.24, 2.45) is 0 Å². The standard InChI is InChI=1S/C34H24BN3O2/c39-35(40)26-17-20-29-28-13-7-8-14-32(28)38(33(29)21-26)27-18-15-24(16-19-27)31-22-30(23-9-3-1-4-10-23)36-34(37-31)25-11-5-2-6-12-25/h1-22,39-40H. The van der Waals surface area contributed by atoms with E-state index in [1.165, 1.54) is 0 Å². The Bertz CT molecular complexity index is 1910. The van der Waals surface area contributed by atoms with E-state index in [1.807, 2.05) is 78.9 Å². The SMILES string of the molecule is OB(O)c1ccc2c3ccccc3n(-c3ccc(-c4cc(-c5ccccc5)nc(-c5ccccc5)n4)cc3)c2c1. The maximum absolute atomic E-state index is 9.83. The summed E-state index contributed by atoms with van der Waals surface area (Å²) in [4.78, 5) is 9.84. The fourth-order valence-electron chi connectivity index (χ4n) is 5.28. The van der Waals surface area contributed by atoms with Gasteiger partial charge < -0.3 is 14.6 Å². The van der Waals surface area contributed by atoms with Gasteiger partial charge in [0.25, 0.3) is 0 Å². The molecule has 6 heteroatoms. The molecule has 0 saturated carbocycles. The molecule has 40 heavy (non-hydrogen) atoms. The first-order valence-electron chi connectivity index (χ1n) is 13.2. The van der Waals surface area contributed by atoms with Crippen LogP contribution in [-0.4, -0.2) is 31.7 Å². The minimum Gasteiger partial charge on any atom is -0.423 e. The molecular formula is C34H24BN3O2. The largest absolute Gasteiger partial charge is 0.488 e. The van der Waals surface area contributed by atoms with Crippen LogP contribution in [0.1, 0.15) is 0 Å². The lowest BCUT2D eigenvalue weighted by atomic mass is 9.80. The van der Waals surface area contributed by atoms with Gasteiger partial charge in [-0.05, 0) is 35.8 Å². The molecule has 0 amide bonds. The van der Waals surface area contributed by atoms with Crippen LogP contribution in [0.25, 0.3) is 61.4 Å². The van der Waals surface area contributed by atoms with E-state index in [1.54, 1.807) is 6.07 Å². The lowest BCUT2D eigenvalue weighted by molar-refractivity contribution is 0.426. The van der Waals surface area contributed by atoms with Crippen LogP contribution in [0.3, 0.4) is 0 Å². The molecule has 7 aromatic rings. The van der Waals surface area contributed by atoms with E-state index in [0.29, 0.717) is 11.3 Å². The molecule has 2 aromatic heterocycles. The van der Waals surface area contributed by atoms with E-state index < -0.39 is 7.12 Å². The maximum Gasteiger partial charge on any atom is 0.488 e. The number of benzene rings is 5. The van der Waals surface area contributed by atoms with Gasteiger partial charge in [-0.15, -0.1) is 0 Å². The summed E-state index contributed by atoms with van der Waals surface area (Å²) in [6.07, 6.45) is 0. The van der Waals surface area contributed by atoms with E-state index in [-0.39, 0.29) is 0 Å². The molecule has 5 nitrogen and oxygen atoms in total. The Morgan fingerprint density at radius 1 is 0.500 bits per heavy atom. The number of nitrogens with zero attached hydrogens (tertiary/aromatic N) is 3. The number of fused-ring (bicyclic) bond motifs is 3. The Kier molecular flexibility index (Phi) is 5.97. The first-order chi connectivity index (χ1) is 19.7. The van der Waals surface area contributed by atoms with Crippen LogP contribution < -0.4 is 5.46 Å². The second kappa shape index (κ2) is 9.93. The molecule has 0 aliphatic carbocycles. The van der Waals surface area contributed by atoms with Gasteiger partial charge in [0.15, 0.2) is 5.82 Å². The maximum atomic E-state index is 9.83. The highest BCUT2D eigenvalue weighted by atomic mass is 16.4. The highest BCUT2D eigenvalue weighted by molar-refractivity contribution is 6.59. The highest BCUT2D eigenvalue weighted by Gasteiger charge is 2.17. The van der Waals surface area contributed by atoms with Gasteiger partial charge in [0.05, 0.1) is 22.4 Å². The van der Waals surface area contributed by atoms with Crippen LogP contribution in [0.4, 0.5) is 0 Å². The first kappa shape index (κ1) is 24.0. The third kappa shape index (κ3) is 4.26. The topological polar surface area (TPSA) is 71.2 Å². The summed E-state index contributed by atoms with van der Waals surface area (Å²) in [6, 6.07) is 44.3.